The van der Waals surface area contributed by atoms with Gasteiger partial charge in [0.1, 0.15) is 11.5 Å². The van der Waals surface area contributed by atoms with E-state index in [0.717, 1.165) is 11.1 Å². The van der Waals surface area contributed by atoms with Crippen molar-refractivity contribution in [2.75, 3.05) is 7.11 Å². The summed E-state index contributed by atoms with van der Waals surface area (Å²) in [7, 11) is 1.48. The number of Topliss-reactive ketones (excluding diaryl/α,β-unsaturated/α-hetero) is 1. The average molecular weight is 510 g/mol. The normalized spacial score (nSPS) is 26.5. The maximum Gasteiger partial charge on any atom is 0.234 e. The van der Waals surface area contributed by atoms with Gasteiger partial charge in [-0.3, -0.25) is 24.1 Å². The Morgan fingerprint density at radius 2 is 1.74 bits per heavy atom. The Morgan fingerprint density at radius 3 is 2.47 bits per heavy atom. The van der Waals surface area contributed by atoms with Crippen molar-refractivity contribution in [1.29, 1.82) is 0 Å². The molecule has 1 N–H and O–H groups in total. The van der Waals surface area contributed by atoms with Gasteiger partial charge in [-0.15, -0.1) is 0 Å². The van der Waals surface area contributed by atoms with Gasteiger partial charge in [-0.2, -0.15) is 0 Å². The molecule has 0 aromatic heterocycles. The van der Waals surface area contributed by atoms with Gasteiger partial charge in [0.2, 0.25) is 11.8 Å². The number of phenolic OH excluding ortho intramolecular Hbond substituents is 1. The van der Waals surface area contributed by atoms with Crippen molar-refractivity contribution in [3.8, 4) is 11.5 Å². The molecule has 1 aliphatic heterocycles. The summed E-state index contributed by atoms with van der Waals surface area (Å²) in [5.74, 6) is -3.05. The Kier molecular flexibility index (Phi) is 5.67. The third-order valence-corrected chi connectivity index (χ3v) is 8.39. The van der Waals surface area contributed by atoms with E-state index in [1.807, 2.05) is 36.4 Å². The lowest BCUT2D eigenvalue weighted by Crippen LogP contribution is -2.39. The molecule has 0 radical (unpaired) electrons. The van der Waals surface area contributed by atoms with E-state index in [9.17, 15) is 24.3 Å². The van der Waals surface area contributed by atoms with Crippen molar-refractivity contribution < 1.29 is 29.0 Å². The molecule has 1 heterocycles. The third kappa shape index (κ3) is 3.49. The van der Waals surface area contributed by atoms with E-state index in [4.69, 9.17) is 4.74 Å². The number of imide groups is 1. The van der Waals surface area contributed by atoms with Crippen molar-refractivity contribution in [2.45, 2.75) is 32.2 Å². The van der Waals surface area contributed by atoms with Crippen LogP contribution in [0.3, 0.4) is 0 Å². The molecule has 38 heavy (non-hydrogen) atoms. The first-order valence-corrected chi connectivity index (χ1v) is 12.8. The van der Waals surface area contributed by atoms with Gasteiger partial charge in [0.25, 0.3) is 0 Å². The van der Waals surface area contributed by atoms with Crippen LogP contribution < -0.4 is 4.74 Å². The molecule has 4 aliphatic rings. The molecule has 3 aliphatic carbocycles. The maximum atomic E-state index is 13.8. The van der Waals surface area contributed by atoms with Crippen LogP contribution in [-0.2, 0) is 25.7 Å². The zero-order chi connectivity index (χ0) is 26.7. The zero-order valence-corrected chi connectivity index (χ0v) is 21.1. The first-order valence-electron chi connectivity index (χ1n) is 12.8. The first-order chi connectivity index (χ1) is 18.3. The largest absolute Gasteiger partial charge is 0.507 e. The minimum atomic E-state index is -0.757. The number of nitrogens with zero attached hydrogens (tertiary/aromatic N) is 1. The van der Waals surface area contributed by atoms with Gasteiger partial charge in [0.15, 0.2) is 11.6 Å². The Bertz CT molecular complexity index is 1500. The first kappa shape index (κ1) is 24.1. The molecule has 6 rings (SSSR count). The molecule has 4 atom stereocenters. The van der Waals surface area contributed by atoms with Gasteiger partial charge >= 0.3 is 0 Å². The molecule has 1 saturated heterocycles. The summed E-state index contributed by atoms with van der Waals surface area (Å²) in [6.45, 7) is 1.80. The van der Waals surface area contributed by atoms with Crippen LogP contribution in [0.5, 0.6) is 11.5 Å². The van der Waals surface area contributed by atoms with Gasteiger partial charge < -0.3 is 9.84 Å². The number of likely N-dealkylation sites (tertiary alicyclic amines) is 1. The van der Waals surface area contributed by atoms with Crippen LogP contribution >= 0.6 is 0 Å². The molecule has 0 spiro atoms. The van der Waals surface area contributed by atoms with E-state index in [-0.39, 0.29) is 42.1 Å². The highest BCUT2D eigenvalue weighted by Crippen LogP contribution is 2.57. The highest BCUT2D eigenvalue weighted by atomic mass is 16.5. The van der Waals surface area contributed by atoms with E-state index >= 15 is 0 Å². The number of ether oxygens (including phenoxy) is 1. The SMILES string of the molecule is COc1cccc(O)c1[C@H]1C2=CC[C@@H]3C(=O)N(Cc4ccccc4)C(=O)[C@@H]3[C@@H]2CC2=C1C(=O)C=C(C)C2=O. The van der Waals surface area contributed by atoms with Gasteiger partial charge in [-0.1, -0.05) is 48.0 Å². The number of carbonyl (C=O) groups is 4. The van der Waals surface area contributed by atoms with Crippen LogP contribution in [0.4, 0.5) is 0 Å². The minimum absolute atomic E-state index is 0.0593. The molecule has 7 heteroatoms. The lowest BCUT2D eigenvalue weighted by atomic mass is 9.59. The number of ketones is 2. The van der Waals surface area contributed by atoms with E-state index in [1.165, 1.54) is 24.2 Å². The van der Waals surface area contributed by atoms with Crippen LogP contribution in [0.2, 0.25) is 0 Å². The van der Waals surface area contributed by atoms with Crippen molar-refractivity contribution in [3.63, 3.8) is 0 Å². The Hall–Kier alpha value is -4.26. The molecule has 1 fully saturated rings. The van der Waals surface area contributed by atoms with Gasteiger partial charge in [0.05, 0.1) is 25.5 Å². The highest BCUT2D eigenvalue weighted by molar-refractivity contribution is 6.23. The highest BCUT2D eigenvalue weighted by Gasteiger charge is 2.56. The van der Waals surface area contributed by atoms with Crippen LogP contribution in [0.15, 0.2) is 83.0 Å². The van der Waals surface area contributed by atoms with Crippen molar-refractivity contribution in [3.05, 3.63) is 94.1 Å². The summed E-state index contributed by atoms with van der Waals surface area (Å²) >= 11 is 0. The van der Waals surface area contributed by atoms with Gasteiger partial charge in [-0.25, -0.2) is 0 Å². The molecule has 0 bridgehead atoms. The fourth-order valence-electron chi connectivity index (χ4n) is 6.70. The van der Waals surface area contributed by atoms with Crippen LogP contribution in [0, 0.1) is 17.8 Å². The summed E-state index contributed by atoms with van der Waals surface area (Å²) < 4.78 is 5.58. The molecular formula is C31H27NO6. The Labute approximate surface area is 220 Å². The van der Waals surface area contributed by atoms with Gasteiger partial charge in [0, 0.05) is 28.2 Å². The number of phenols is 1. The van der Waals surface area contributed by atoms with E-state index in [2.05, 4.69) is 0 Å². The second-order valence-electron chi connectivity index (χ2n) is 10.4. The van der Waals surface area contributed by atoms with Crippen LogP contribution in [-0.4, -0.2) is 40.5 Å². The number of benzene rings is 2. The molecule has 0 saturated carbocycles. The number of carbonyl (C=O) groups excluding carboxylic acids is 4. The lowest BCUT2D eigenvalue weighted by Gasteiger charge is -2.42. The van der Waals surface area contributed by atoms with Crippen molar-refractivity contribution >= 4 is 23.4 Å². The summed E-state index contributed by atoms with van der Waals surface area (Å²) in [4.78, 5) is 55.4. The fraction of sp³-hybridized carbons (Fsp3) is 0.290. The number of rotatable bonds is 4. The van der Waals surface area contributed by atoms with Crippen LogP contribution in [0.1, 0.15) is 36.8 Å². The molecule has 192 valence electrons. The zero-order valence-electron chi connectivity index (χ0n) is 21.1. The average Bonchev–Trinajstić information content (AvgIpc) is 3.16. The summed E-state index contributed by atoms with van der Waals surface area (Å²) in [6.07, 6.45) is 3.83. The number of aromatic hydroxyl groups is 1. The summed E-state index contributed by atoms with van der Waals surface area (Å²) in [6, 6.07) is 14.3. The van der Waals surface area contributed by atoms with Gasteiger partial charge in [-0.05, 0) is 49.5 Å². The maximum absolute atomic E-state index is 13.8. The monoisotopic (exact) mass is 509 g/mol. The Morgan fingerprint density at radius 1 is 0.974 bits per heavy atom. The molecule has 2 aromatic rings. The van der Waals surface area contributed by atoms with Crippen molar-refractivity contribution in [2.24, 2.45) is 17.8 Å². The number of hydrogen-bond acceptors (Lipinski definition) is 6. The van der Waals surface area contributed by atoms with E-state index < -0.39 is 23.7 Å². The van der Waals surface area contributed by atoms with Crippen molar-refractivity contribution in [1.82, 2.24) is 4.90 Å². The van der Waals surface area contributed by atoms with E-state index in [0.29, 0.717) is 34.5 Å². The number of amides is 2. The molecular weight excluding hydrogens is 482 g/mol. The predicted octanol–water partition coefficient (Wildman–Crippen LogP) is 4.03. The second kappa shape index (κ2) is 8.94. The quantitative estimate of drug-likeness (QED) is 0.380. The molecule has 7 nitrogen and oxygen atoms in total. The second-order valence-corrected chi connectivity index (χ2v) is 10.4. The molecule has 0 unspecified atom stereocenters. The number of methoxy groups -OCH3 is 1. The third-order valence-electron chi connectivity index (χ3n) is 8.39. The Balaban J connectivity index is 1.48. The summed E-state index contributed by atoms with van der Waals surface area (Å²) in [5, 5.41) is 11.0. The van der Waals surface area contributed by atoms with E-state index in [1.54, 1.807) is 19.1 Å². The topological polar surface area (TPSA) is 101 Å². The number of fused-ring (bicyclic) bond motifs is 3. The molecule has 2 aromatic carbocycles. The predicted molar refractivity (Wildman–Crippen MR) is 138 cm³/mol. The standard InChI is InChI=1S/C31H27NO6/c1-16-13-23(34)26-21(29(16)35)14-20-18(27(26)28-22(33)9-6-10-24(28)38-2)11-12-19-25(20)31(37)32(30(19)36)15-17-7-4-3-5-8-17/h3-11,13,19-20,25,27,33H,12,14-15H2,1-2H3/t19-,20+,25-,27-/m0/s1. The van der Waals surface area contributed by atoms with Crippen LogP contribution in [0.25, 0.3) is 0 Å². The number of hydrogen-bond donors (Lipinski definition) is 1. The minimum Gasteiger partial charge on any atom is -0.507 e. The smallest absolute Gasteiger partial charge is 0.234 e. The fourth-order valence-corrected chi connectivity index (χ4v) is 6.70. The number of allylic oxidation sites excluding steroid dienone is 6. The lowest BCUT2D eigenvalue weighted by molar-refractivity contribution is -0.140. The summed E-state index contributed by atoms with van der Waals surface area (Å²) in [5.41, 5.74) is 3.05. The molecule has 2 amide bonds.